The molecule has 1 fully saturated rings. The molecule has 2 heterocycles. The number of hydrogen-bond acceptors (Lipinski definition) is 6. The van der Waals surface area contributed by atoms with Crippen LogP contribution in [0.4, 0.5) is 5.82 Å². The lowest BCUT2D eigenvalue weighted by atomic mass is 9.94. The predicted molar refractivity (Wildman–Crippen MR) is 102 cm³/mol. The quantitative estimate of drug-likeness (QED) is 0.655. The Balaban J connectivity index is 1.53. The van der Waals surface area contributed by atoms with Gasteiger partial charge in [-0.05, 0) is 42.9 Å². The van der Waals surface area contributed by atoms with Gasteiger partial charge in [0.1, 0.15) is 18.7 Å². The lowest BCUT2D eigenvalue weighted by molar-refractivity contribution is 0.109. The van der Waals surface area contributed by atoms with Gasteiger partial charge in [0.15, 0.2) is 5.65 Å². The second-order valence-corrected chi connectivity index (χ2v) is 7.22. The molecule has 3 atom stereocenters. The molecule has 7 nitrogen and oxygen atoms in total. The van der Waals surface area contributed by atoms with Crippen LogP contribution < -0.4 is 5.32 Å². The molecule has 1 aromatic carbocycles. The summed E-state index contributed by atoms with van der Waals surface area (Å²) in [6.45, 7) is 0.177. The number of anilines is 1. The Morgan fingerprint density at radius 1 is 1.30 bits per heavy atom. The Bertz CT molecular complexity index is 980. The SMILES string of the molecule is N#CCNc1ncnc2c1cnn2C1CCC(C(O)c2ccc(Cl)cc2)C1. The highest BCUT2D eigenvalue weighted by Crippen LogP contribution is 2.42. The maximum Gasteiger partial charge on any atom is 0.163 e. The highest BCUT2D eigenvalue weighted by atomic mass is 35.5. The summed E-state index contributed by atoms with van der Waals surface area (Å²) in [5, 5.41) is 28.5. The van der Waals surface area contributed by atoms with E-state index in [1.54, 1.807) is 18.3 Å². The van der Waals surface area contributed by atoms with Crippen LogP contribution in [0.2, 0.25) is 5.02 Å². The fraction of sp³-hybridized carbons (Fsp3) is 0.368. The zero-order valence-electron chi connectivity index (χ0n) is 14.6. The predicted octanol–water partition coefficient (Wildman–Crippen LogP) is 3.49. The van der Waals surface area contributed by atoms with Gasteiger partial charge in [-0.25, -0.2) is 14.6 Å². The number of hydrogen-bond donors (Lipinski definition) is 2. The summed E-state index contributed by atoms with van der Waals surface area (Å²) in [5.74, 6) is 0.775. The standard InChI is InChI=1S/C19H19ClN6O/c20-14-4-1-12(2-5-14)17(27)13-3-6-15(9-13)26-19-16(10-25-26)18(22-8-7-21)23-11-24-19/h1-2,4-5,10-11,13,15,17,27H,3,6,8-9H2,(H,22,23,24). The number of fused-ring (bicyclic) bond motifs is 1. The minimum Gasteiger partial charge on any atom is -0.388 e. The fourth-order valence-corrected chi connectivity index (χ4v) is 3.95. The second kappa shape index (κ2) is 7.51. The fourth-order valence-electron chi connectivity index (χ4n) is 3.83. The number of aliphatic hydroxyl groups is 1. The molecule has 0 saturated heterocycles. The van der Waals surface area contributed by atoms with E-state index in [2.05, 4.69) is 20.4 Å². The van der Waals surface area contributed by atoms with E-state index in [0.29, 0.717) is 10.8 Å². The van der Waals surface area contributed by atoms with Crippen molar-refractivity contribution < 1.29 is 5.11 Å². The molecule has 1 aliphatic carbocycles. The first-order chi connectivity index (χ1) is 13.2. The molecule has 4 rings (SSSR count). The van der Waals surface area contributed by atoms with Gasteiger partial charge in [-0.2, -0.15) is 10.4 Å². The van der Waals surface area contributed by atoms with Crippen LogP contribution in [0.25, 0.3) is 11.0 Å². The third-order valence-electron chi connectivity index (χ3n) is 5.18. The third kappa shape index (κ3) is 3.46. The van der Waals surface area contributed by atoms with Gasteiger partial charge in [-0.3, -0.25) is 0 Å². The van der Waals surface area contributed by atoms with E-state index in [4.69, 9.17) is 16.9 Å². The van der Waals surface area contributed by atoms with Crippen LogP contribution >= 0.6 is 11.6 Å². The number of benzene rings is 1. The first-order valence-corrected chi connectivity index (χ1v) is 9.27. The molecule has 138 valence electrons. The van der Waals surface area contributed by atoms with Crippen LogP contribution in [-0.2, 0) is 0 Å². The van der Waals surface area contributed by atoms with E-state index in [9.17, 15) is 5.11 Å². The molecular formula is C19H19ClN6O. The first kappa shape index (κ1) is 17.7. The van der Waals surface area contributed by atoms with E-state index in [0.717, 1.165) is 35.9 Å². The molecule has 3 aromatic rings. The summed E-state index contributed by atoms with van der Waals surface area (Å²) in [7, 11) is 0. The Morgan fingerprint density at radius 3 is 2.89 bits per heavy atom. The van der Waals surface area contributed by atoms with Crippen molar-refractivity contribution in [1.29, 1.82) is 5.26 Å². The lowest BCUT2D eigenvalue weighted by Gasteiger charge is -2.19. The van der Waals surface area contributed by atoms with Gasteiger partial charge in [0.25, 0.3) is 0 Å². The summed E-state index contributed by atoms with van der Waals surface area (Å²) in [6.07, 6.45) is 5.37. The van der Waals surface area contributed by atoms with Gasteiger partial charge < -0.3 is 10.4 Å². The highest BCUT2D eigenvalue weighted by molar-refractivity contribution is 6.30. The summed E-state index contributed by atoms with van der Waals surface area (Å²) in [5.41, 5.74) is 1.64. The first-order valence-electron chi connectivity index (χ1n) is 8.90. The second-order valence-electron chi connectivity index (χ2n) is 6.78. The zero-order valence-corrected chi connectivity index (χ0v) is 15.3. The number of rotatable bonds is 5. The van der Waals surface area contributed by atoms with Crippen LogP contribution in [0.3, 0.4) is 0 Å². The molecule has 1 saturated carbocycles. The molecule has 8 heteroatoms. The van der Waals surface area contributed by atoms with Crippen molar-refractivity contribution in [2.24, 2.45) is 5.92 Å². The average molecular weight is 383 g/mol. The molecule has 0 amide bonds. The molecule has 3 unspecified atom stereocenters. The van der Waals surface area contributed by atoms with Crippen molar-refractivity contribution >= 4 is 28.5 Å². The van der Waals surface area contributed by atoms with Crippen LogP contribution in [-0.4, -0.2) is 31.4 Å². The molecule has 2 N–H and O–H groups in total. The van der Waals surface area contributed by atoms with Crippen LogP contribution in [0, 0.1) is 17.2 Å². The van der Waals surface area contributed by atoms with Crippen LogP contribution in [0.5, 0.6) is 0 Å². The molecule has 0 spiro atoms. The minimum absolute atomic E-state index is 0.161. The molecule has 2 aromatic heterocycles. The zero-order chi connectivity index (χ0) is 18.8. The topological polar surface area (TPSA) is 99.7 Å². The normalized spacial score (nSPS) is 20.5. The number of nitrogens with one attached hydrogen (secondary N) is 1. The largest absolute Gasteiger partial charge is 0.388 e. The average Bonchev–Trinajstić information content (AvgIpc) is 3.33. The molecule has 0 bridgehead atoms. The number of nitriles is 1. The molecular weight excluding hydrogens is 364 g/mol. The number of aromatic nitrogens is 4. The number of nitrogens with zero attached hydrogens (tertiary/aromatic N) is 5. The summed E-state index contributed by atoms with van der Waals surface area (Å²) in [6, 6.07) is 9.59. The molecule has 27 heavy (non-hydrogen) atoms. The Labute approximate surface area is 161 Å². The monoisotopic (exact) mass is 382 g/mol. The third-order valence-corrected chi connectivity index (χ3v) is 5.43. The van der Waals surface area contributed by atoms with Gasteiger partial charge in [0.2, 0.25) is 0 Å². The summed E-state index contributed by atoms with van der Waals surface area (Å²) >= 11 is 5.94. The van der Waals surface area contributed by atoms with Crippen LogP contribution in [0.15, 0.2) is 36.8 Å². The minimum atomic E-state index is -0.517. The Morgan fingerprint density at radius 2 is 2.11 bits per heavy atom. The molecule has 0 radical (unpaired) electrons. The van der Waals surface area contributed by atoms with E-state index in [-0.39, 0.29) is 18.5 Å². The van der Waals surface area contributed by atoms with Crippen molar-refractivity contribution in [2.75, 3.05) is 11.9 Å². The highest BCUT2D eigenvalue weighted by Gasteiger charge is 2.33. The van der Waals surface area contributed by atoms with Crippen LogP contribution in [0.1, 0.15) is 37.0 Å². The number of halogens is 1. The van der Waals surface area contributed by atoms with Crippen molar-refractivity contribution in [2.45, 2.75) is 31.4 Å². The van der Waals surface area contributed by atoms with Gasteiger partial charge in [-0.1, -0.05) is 23.7 Å². The Kier molecular flexibility index (Phi) is 4.92. The molecule has 1 aliphatic rings. The van der Waals surface area contributed by atoms with Crippen molar-refractivity contribution in [1.82, 2.24) is 19.7 Å². The molecule has 0 aliphatic heterocycles. The lowest BCUT2D eigenvalue weighted by Crippen LogP contribution is -2.12. The summed E-state index contributed by atoms with van der Waals surface area (Å²) in [4.78, 5) is 8.58. The van der Waals surface area contributed by atoms with Crippen molar-refractivity contribution in [3.63, 3.8) is 0 Å². The van der Waals surface area contributed by atoms with Gasteiger partial charge in [-0.15, -0.1) is 0 Å². The van der Waals surface area contributed by atoms with Gasteiger partial charge in [0.05, 0.1) is 29.8 Å². The maximum absolute atomic E-state index is 10.7. The van der Waals surface area contributed by atoms with E-state index in [1.165, 1.54) is 6.33 Å². The maximum atomic E-state index is 10.7. The number of aliphatic hydroxyl groups excluding tert-OH is 1. The van der Waals surface area contributed by atoms with Gasteiger partial charge in [0, 0.05) is 5.02 Å². The van der Waals surface area contributed by atoms with Gasteiger partial charge >= 0.3 is 0 Å². The van der Waals surface area contributed by atoms with E-state index >= 15 is 0 Å². The van der Waals surface area contributed by atoms with Crippen molar-refractivity contribution in [3.05, 3.63) is 47.4 Å². The Hall–Kier alpha value is -2.69. The summed E-state index contributed by atoms with van der Waals surface area (Å²) < 4.78 is 1.92. The van der Waals surface area contributed by atoms with E-state index < -0.39 is 6.10 Å². The van der Waals surface area contributed by atoms with Crippen molar-refractivity contribution in [3.8, 4) is 6.07 Å². The smallest absolute Gasteiger partial charge is 0.163 e. The van der Waals surface area contributed by atoms with E-state index in [1.807, 2.05) is 22.9 Å².